The van der Waals surface area contributed by atoms with Crippen LogP contribution in [0.15, 0.2) is 48.5 Å². The van der Waals surface area contributed by atoms with Gasteiger partial charge in [-0.25, -0.2) is 14.2 Å². The van der Waals surface area contributed by atoms with E-state index in [0.717, 1.165) is 55.2 Å². The summed E-state index contributed by atoms with van der Waals surface area (Å²) in [5.74, 6) is 0.761. The van der Waals surface area contributed by atoms with Gasteiger partial charge in [0.2, 0.25) is 5.95 Å². The maximum Gasteiger partial charge on any atom is 0.322 e. The van der Waals surface area contributed by atoms with Crippen LogP contribution in [0.1, 0.15) is 11.1 Å². The number of likely N-dealkylation sites (N-methyl/N-ethyl adjacent to an activating group) is 1. The summed E-state index contributed by atoms with van der Waals surface area (Å²) in [4.78, 5) is 28.0. The number of hydrogen-bond donors (Lipinski definition) is 2. The summed E-state index contributed by atoms with van der Waals surface area (Å²) in [6.07, 6.45) is 0.769. The van der Waals surface area contributed by atoms with Gasteiger partial charge in [0.15, 0.2) is 0 Å². The molecule has 3 N–H and O–H groups in total. The quantitative estimate of drug-likeness (QED) is 0.623. The zero-order chi connectivity index (χ0) is 23.7. The van der Waals surface area contributed by atoms with Gasteiger partial charge in [-0.2, -0.15) is 4.98 Å². The van der Waals surface area contributed by atoms with Crippen molar-refractivity contribution in [2.45, 2.75) is 13.0 Å². The van der Waals surface area contributed by atoms with Crippen LogP contribution in [0, 0.1) is 5.82 Å². The summed E-state index contributed by atoms with van der Waals surface area (Å²) in [5.41, 5.74) is 10.7. The van der Waals surface area contributed by atoms with Crippen LogP contribution in [0.25, 0.3) is 11.3 Å². The minimum atomic E-state index is -0.335. The molecular weight excluding hydrogens is 433 g/mol. The van der Waals surface area contributed by atoms with Gasteiger partial charge in [-0.3, -0.25) is 0 Å². The molecule has 2 aliphatic rings. The number of piperazine rings is 1. The number of nitrogen functional groups attached to an aromatic ring is 1. The molecule has 2 amide bonds. The fourth-order valence-corrected chi connectivity index (χ4v) is 4.42. The fraction of sp³-hybridized carbons (Fsp3) is 0.320. The summed E-state index contributed by atoms with van der Waals surface area (Å²) in [5, 5.41) is 2.84. The van der Waals surface area contributed by atoms with E-state index in [9.17, 15) is 9.18 Å². The Hall–Kier alpha value is -3.72. The molecule has 2 aliphatic heterocycles. The summed E-state index contributed by atoms with van der Waals surface area (Å²) in [6.45, 7) is 4.86. The predicted octanol–water partition coefficient (Wildman–Crippen LogP) is 3.21. The number of fused-ring (bicyclic) bond motifs is 1. The molecular formula is C25H28FN7O. The number of aromatic nitrogens is 2. The molecule has 5 rings (SSSR count). The highest BCUT2D eigenvalue weighted by atomic mass is 19.1. The molecule has 3 aromatic rings. The number of anilines is 3. The van der Waals surface area contributed by atoms with Gasteiger partial charge < -0.3 is 25.8 Å². The third-order valence-electron chi connectivity index (χ3n) is 6.45. The van der Waals surface area contributed by atoms with Crippen LogP contribution in [0.2, 0.25) is 0 Å². The number of nitrogens with two attached hydrogens (primary N) is 1. The smallest absolute Gasteiger partial charge is 0.322 e. The van der Waals surface area contributed by atoms with E-state index < -0.39 is 0 Å². The normalized spacial score (nSPS) is 16.3. The molecule has 0 bridgehead atoms. The van der Waals surface area contributed by atoms with Crippen LogP contribution < -0.4 is 16.0 Å². The van der Waals surface area contributed by atoms with E-state index in [4.69, 9.17) is 5.73 Å². The average Bonchev–Trinajstić information content (AvgIpc) is 2.85. The summed E-state index contributed by atoms with van der Waals surface area (Å²) >= 11 is 0. The average molecular weight is 462 g/mol. The van der Waals surface area contributed by atoms with Gasteiger partial charge in [0, 0.05) is 56.6 Å². The van der Waals surface area contributed by atoms with E-state index in [2.05, 4.69) is 50.3 Å². The van der Waals surface area contributed by atoms with Crippen molar-refractivity contribution in [2.24, 2.45) is 0 Å². The molecule has 3 heterocycles. The number of nitrogens with zero attached hydrogens (tertiary/aromatic N) is 5. The number of amides is 2. The number of nitrogens with one attached hydrogen (secondary N) is 1. The molecule has 0 spiro atoms. The summed E-state index contributed by atoms with van der Waals surface area (Å²) < 4.78 is 13.1. The first-order valence-electron chi connectivity index (χ1n) is 11.5. The molecule has 34 heavy (non-hydrogen) atoms. The topological polar surface area (TPSA) is 90.6 Å². The maximum absolute atomic E-state index is 13.1. The Labute approximate surface area is 198 Å². The third-order valence-corrected chi connectivity index (χ3v) is 6.45. The second-order valence-electron chi connectivity index (χ2n) is 8.85. The molecule has 0 radical (unpaired) electrons. The minimum absolute atomic E-state index is 0.203. The third kappa shape index (κ3) is 4.79. The van der Waals surface area contributed by atoms with Gasteiger partial charge >= 0.3 is 6.03 Å². The first kappa shape index (κ1) is 22.1. The zero-order valence-electron chi connectivity index (χ0n) is 19.2. The highest BCUT2D eigenvalue weighted by Crippen LogP contribution is 2.28. The summed E-state index contributed by atoms with van der Waals surface area (Å²) in [6, 6.07) is 13.8. The Balaban J connectivity index is 1.34. The van der Waals surface area contributed by atoms with Crippen molar-refractivity contribution in [1.82, 2.24) is 19.8 Å². The molecule has 2 aromatic carbocycles. The van der Waals surface area contributed by atoms with Gasteiger partial charge in [0.25, 0.3) is 0 Å². The first-order chi connectivity index (χ1) is 16.4. The minimum Gasteiger partial charge on any atom is -0.368 e. The van der Waals surface area contributed by atoms with E-state index in [1.165, 1.54) is 17.7 Å². The van der Waals surface area contributed by atoms with Crippen molar-refractivity contribution in [1.29, 1.82) is 0 Å². The molecule has 0 unspecified atom stereocenters. The highest BCUT2D eigenvalue weighted by Gasteiger charge is 2.22. The van der Waals surface area contributed by atoms with Gasteiger partial charge in [-0.15, -0.1) is 0 Å². The lowest BCUT2D eigenvalue weighted by atomic mass is 9.96. The van der Waals surface area contributed by atoms with Crippen LogP contribution in [-0.2, 0) is 13.0 Å². The van der Waals surface area contributed by atoms with E-state index in [1.807, 2.05) is 6.07 Å². The molecule has 9 heteroatoms. The monoisotopic (exact) mass is 461 g/mol. The molecule has 0 atom stereocenters. The van der Waals surface area contributed by atoms with Crippen LogP contribution in [0.3, 0.4) is 0 Å². The number of carbonyl (C=O) groups is 1. The van der Waals surface area contributed by atoms with Crippen molar-refractivity contribution in [3.8, 4) is 11.3 Å². The lowest BCUT2D eigenvalue weighted by Crippen LogP contribution is -2.44. The van der Waals surface area contributed by atoms with Crippen LogP contribution >= 0.6 is 0 Å². The molecule has 176 valence electrons. The Morgan fingerprint density at radius 2 is 1.74 bits per heavy atom. The van der Waals surface area contributed by atoms with Crippen LogP contribution in [-0.4, -0.2) is 65.6 Å². The second kappa shape index (κ2) is 9.26. The van der Waals surface area contributed by atoms with Crippen molar-refractivity contribution < 1.29 is 9.18 Å². The number of benzene rings is 2. The molecule has 1 fully saturated rings. The molecule has 1 saturated heterocycles. The van der Waals surface area contributed by atoms with Crippen molar-refractivity contribution in [3.63, 3.8) is 0 Å². The van der Waals surface area contributed by atoms with E-state index >= 15 is 0 Å². The Kier molecular flexibility index (Phi) is 6.02. The fourth-order valence-electron chi connectivity index (χ4n) is 4.42. The van der Waals surface area contributed by atoms with Gasteiger partial charge in [0.1, 0.15) is 11.6 Å². The lowest BCUT2D eigenvalue weighted by Gasteiger charge is -2.33. The Bertz CT molecular complexity index is 1190. The van der Waals surface area contributed by atoms with Crippen molar-refractivity contribution >= 4 is 23.5 Å². The van der Waals surface area contributed by atoms with E-state index in [-0.39, 0.29) is 17.8 Å². The van der Waals surface area contributed by atoms with Crippen LogP contribution in [0.4, 0.5) is 26.6 Å². The number of carbonyl (C=O) groups excluding carboxylic acids is 1. The van der Waals surface area contributed by atoms with E-state index in [1.54, 1.807) is 17.0 Å². The standard InChI is InChI=1S/C25H28FN7O/c1-31-10-12-32(13-11-31)23-15-22(29-24(27)30-23)18-3-2-17-8-9-33(16-19(17)14-18)25(34)28-21-6-4-20(26)5-7-21/h2-7,14-15H,8-13,16H2,1H3,(H,28,34)(H2,27,29,30). The number of urea groups is 1. The first-order valence-corrected chi connectivity index (χ1v) is 11.5. The van der Waals surface area contributed by atoms with Gasteiger partial charge in [-0.1, -0.05) is 12.1 Å². The Morgan fingerprint density at radius 3 is 2.50 bits per heavy atom. The molecule has 0 saturated carbocycles. The predicted molar refractivity (Wildman–Crippen MR) is 131 cm³/mol. The van der Waals surface area contributed by atoms with Crippen LogP contribution in [0.5, 0.6) is 0 Å². The number of hydrogen-bond acceptors (Lipinski definition) is 6. The lowest BCUT2D eigenvalue weighted by molar-refractivity contribution is 0.206. The van der Waals surface area contributed by atoms with Gasteiger partial charge in [-0.05, 0) is 54.9 Å². The Morgan fingerprint density at radius 1 is 0.971 bits per heavy atom. The maximum atomic E-state index is 13.1. The summed E-state index contributed by atoms with van der Waals surface area (Å²) in [7, 11) is 2.12. The second-order valence-corrected chi connectivity index (χ2v) is 8.85. The SMILES string of the molecule is CN1CCN(c2cc(-c3ccc4c(c3)CN(C(=O)Nc3ccc(F)cc3)CC4)nc(N)n2)CC1. The zero-order valence-corrected chi connectivity index (χ0v) is 19.2. The van der Waals surface area contributed by atoms with Gasteiger partial charge in [0.05, 0.1) is 5.69 Å². The van der Waals surface area contributed by atoms with Crippen molar-refractivity contribution in [3.05, 3.63) is 65.5 Å². The van der Waals surface area contributed by atoms with Crippen molar-refractivity contribution in [2.75, 3.05) is 55.7 Å². The molecule has 0 aliphatic carbocycles. The number of halogens is 1. The molecule has 8 nitrogen and oxygen atoms in total. The molecule has 1 aromatic heterocycles. The number of rotatable bonds is 3. The largest absolute Gasteiger partial charge is 0.368 e. The highest BCUT2D eigenvalue weighted by molar-refractivity contribution is 5.89. The van der Waals surface area contributed by atoms with E-state index in [0.29, 0.717) is 18.8 Å².